The van der Waals surface area contributed by atoms with Gasteiger partial charge in [0.1, 0.15) is 16.7 Å². The number of benzene rings is 10. The van der Waals surface area contributed by atoms with Crippen molar-refractivity contribution in [2.24, 2.45) is 0 Å². The van der Waals surface area contributed by atoms with Gasteiger partial charge in [-0.25, -0.2) is 0 Å². The van der Waals surface area contributed by atoms with E-state index in [4.69, 9.17) is 8.83 Å². The number of fused-ring (bicyclic) bond motifs is 8. The van der Waals surface area contributed by atoms with Crippen molar-refractivity contribution in [3.05, 3.63) is 224 Å². The van der Waals surface area contributed by atoms with Gasteiger partial charge < -0.3 is 13.7 Å². The van der Waals surface area contributed by atoms with E-state index in [9.17, 15) is 0 Å². The van der Waals surface area contributed by atoms with E-state index in [2.05, 4.69) is 217 Å². The van der Waals surface area contributed by atoms with Crippen molar-refractivity contribution in [2.75, 3.05) is 4.90 Å². The monoisotopic (exact) mass is 779 g/mol. The van der Waals surface area contributed by atoms with Crippen LogP contribution in [0.4, 0.5) is 17.1 Å². The summed E-state index contributed by atoms with van der Waals surface area (Å²) in [6.45, 7) is 0. The zero-order valence-corrected chi connectivity index (χ0v) is 33.1. The van der Waals surface area contributed by atoms with Crippen LogP contribution in [0.15, 0.2) is 233 Å². The third kappa shape index (κ3) is 5.98. The summed E-state index contributed by atoms with van der Waals surface area (Å²) in [7, 11) is 0. The molecule has 0 fully saturated rings. The third-order valence-corrected chi connectivity index (χ3v) is 12.1. The molecule has 10 aromatic carbocycles. The van der Waals surface area contributed by atoms with E-state index in [0.717, 1.165) is 77.5 Å². The number of anilines is 3. The second kappa shape index (κ2) is 14.3. The van der Waals surface area contributed by atoms with Gasteiger partial charge in [0.05, 0.1) is 5.69 Å². The molecule has 0 amide bonds. The Bertz CT molecular complexity index is 3560. The minimum Gasteiger partial charge on any atom is -0.455 e. The maximum absolute atomic E-state index is 6.78. The molecule has 3 heteroatoms. The number of hydrogen-bond acceptors (Lipinski definition) is 3. The van der Waals surface area contributed by atoms with Gasteiger partial charge in [0, 0.05) is 38.3 Å². The third-order valence-electron chi connectivity index (χ3n) is 12.1. The van der Waals surface area contributed by atoms with Crippen molar-refractivity contribution in [3.63, 3.8) is 0 Å². The zero-order valence-electron chi connectivity index (χ0n) is 33.1. The molecule has 2 aromatic heterocycles. The maximum atomic E-state index is 6.78. The highest BCUT2D eigenvalue weighted by atomic mass is 16.3. The molecule has 61 heavy (non-hydrogen) atoms. The molecule has 0 radical (unpaired) electrons. The summed E-state index contributed by atoms with van der Waals surface area (Å²) >= 11 is 0. The number of rotatable bonds is 7. The second-order valence-electron chi connectivity index (χ2n) is 15.7. The van der Waals surface area contributed by atoms with Crippen LogP contribution in [0.2, 0.25) is 0 Å². The summed E-state index contributed by atoms with van der Waals surface area (Å²) in [5.74, 6) is 0. The smallest absolute Gasteiger partial charge is 0.159 e. The lowest BCUT2D eigenvalue weighted by molar-refractivity contribution is 0.669. The van der Waals surface area contributed by atoms with Gasteiger partial charge in [-0.1, -0.05) is 164 Å². The molecule has 0 saturated heterocycles. The fourth-order valence-corrected chi connectivity index (χ4v) is 9.09. The van der Waals surface area contributed by atoms with Crippen molar-refractivity contribution in [2.45, 2.75) is 0 Å². The van der Waals surface area contributed by atoms with Crippen LogP contribution < -0.4 is 4.90 Å². The van der Waals surface area contributed by atoms with Crippen LogP contribution in [-0.2, 0) is 0 Å². The first kappa shape index (κ1) is 34.9. The highest BCUT2D eigenvalue weighted by Gasteiger charge is 2.20. The number of nitrogens with zero attached hydrogens (tertiary/aromatic N) is 1. The largest absolute Gasteiger partial charge is 0.455 e. The van der Waals surface area contributed by atoms with Crippen molar-refractivity contribution < 1.29 is 8.83 Å². The molecule has 0 saturated carbocycles. The second-order valence-corrected chi connectivity index (χ2v) is 15.7. The van der Waals surface area contributed by atoms with E-state index in [-0.39, 0.29) is 0 Å². The number of para-hydroxylation sites is 2. The van der Waals surface area contributed by atoms with E-state index in [1.807, 2.05) is 12.1 Å². The quantitative estimate of drug-likeness (QED) is 0.161. The Kier molecular flexibility index (Phi) is 8.17. The summed E-state index contributed by atoms with van der Waals surface area (Å²) in [6.07, 6.45) is 0. The Labute approximate surface area is 353 Å². The van der Waals surface area contributed by atoms with Gasteiger partial charge in [-0.2, -0.15) is 0 Å². The molecule has 2 heterocycles. The van der Waals surface area contributed by atoms with Crippen LogP contribution in [0.1, 0.15) is 0 Å². The molecular weight excluding hydrogens is 743 g/mol. The molecule has 12 aromatic rings. The van der Waals surface area contributed by atoms with Gasteiger partial charge in [0.15, 0.2) is 5.58 Å². The predicted molar refractivity (Wildman–Crippen MR) is 255 cm³/mol. The SMILES string of the molecule is c1ccc(-c2ccc(N(c3ccc(-c4ccc5c(c4)oc4c6ccccc6c(-c6cccc(-c7ccccc7)c6)cc54)cc3)c3cccc4c3oc3ccccc34)cc2)cc1. The summed E-state index contributed by atoms with van der Waals surface area (Å²) < 4.78 is 13.4. The van der Waals surface area contributed by atoms with Crippen molar-refractivity contribution in [1.82, 2.24) is 0 Å². The minimum atomic E-state index is 0.856. The molecule has 0 aliphatic carbocycles. The minimum absolute atomic E-state index is 0.856. The van der Waals surface area contributed by atoms with Gasteiger partial charge in [-0.3, -0.25) is 0 Å². The molecule has 3 nitrogen and oxygen atoms in total. The standard InChI is InChI=1S/C58H37NO2/c1-3-13-38(14-4-1)40-25-30-45(31-26-40)59(54-23-12-22-51-48-20-9-10-24-55(48)60-58(51)54)46-32-27-41(28-33-46)43-29-34-49-53-37-52(44-18-11-17-42(35-44)39-15-5-2-6-16-39)47-19-7-8-21-50(47)57(53)61-56(49)36-43/h1-37H. The van der Waals surface area contributed by atoms with E-state index in [0.29, 0.717) is 0 Å². The average Bonchev–Trinajstić information content (AvgIpc) is 3.91. The predicted octanol–water partition coefficient (Wildman–Crippen LogP) is 16.8. The van der Waals surface area contributed by atoms with E-state index < -0.39 is 0 Å². The summed E-state index contributed by atoms with van der Waals surface area (Å²) in [5.41, 5.74) is 15.9. The highest BCUT2D eigenvalue weighted by Crippen LogP contribution is 2.44. The first-order chi connectivity index (χ1) is 30.2. The van der Waals surface area contributed by atoms with E-state index in [1.165, 1.54) is 38.8 Å². The Balaban J connectivity index is 0.945. The summed E-state index contributed by atoms with van der Waals surface area (Å²) in [4.78, 5) is 2.30. The normalized spacial score (nSPS) is 11.6. The summed E-state index contributed by atoms with van der Waals surface area (Å²) in [5, 5.41) is 6.70. The molecule has 0 N–H and O–H groups in total. The van der Waals surface area contributed by atoms with Gasteiger partial charge in [-0.05, 0) is 111 Å². The van der Waals surface area contributed by atoms with Crippen molar-refractivity contribution in [1.29, 1.82) is 0 Å². The van der Waals surface area contributed by atoms with Gasteiger partial charge in [0.2, 0.25) is 0 Å². The summed E-state index contributed by atoms with van der Waals surface area (Å²) in [6, 6.07) is 79.7. The number of hydrogen-bond donors (Lipinski definition) is 0. The highest BCUT2D eigenvalue weighted by molar-refractivity contribution is 6.19. The molecule has 0 bridgehead atoms. The first-order valence-electron chi connectivity index (χ1n) is 20.7. The lowest BCUT2D eigenvalue weighted by atomic mass is 9.93. The Morgan fingerprint density at radius 3 is 1.48 bits per heavy atom. The lowest BCUT2D eigenvalue weighted by Crippen LogP contribution is -2.10. The van der Waals surface area contributed by atoms with Crippen LogP contribution in [-0.4, -0.2) is 0 Å². The molecule has 12 rings (SSSR count). The Hall–Kier alpha value is -8.14. The topological polar surface area (TPSA) is 29.5 Å². The van der Waals surface area contributed by atoms with Crippen LogP contribution in [0, 0.1) is 0 Å². The fraction of sp³-hybridized carbons (Fsp3) is 0. The molecule has 0 atom stereocenters. The number of furan rings is 2. The molecule has 0 spiro atoms. The first-order valence-corrected chi connectivity index (χ1v) is 20.7. The van der Waals surface area contributed by atoms with Crippen LogP contribution >= 0.6 is 0 Å². The Morgan fingerprint density at radius 2 is 0.738 bits per heavy atom. The molecule has 286 valence electrons. The van der Waals surface area contributed by atoms with Crippen molar-refractivity contribution in [3.8, 4) is 44.5 Å². The van der Waals surface area contributed by atoms with E-state index >= 15 is 0 Å². The van der Waals surface area contributed by atoms with E-state index in [1.54, 1.807) is 0 Å². The van der Waals surface area contributed by atoms with Crippen LogP contribution in [0.3, 0.4) is 0 Å². The fourth-order valence-electron chi connectivity index (χ4n) is 9.09. The molecular formula is C58H37NO2. The Morgan fingerprint density at radius 1 is 0.262 bits per heavy atom. The van der Waals surface area contributed by atoms with Crippen LogP contribution in [0.25, 0.3) is 99.2 Å². The van der Waals surface area contributed by atoms with Gasteiger partial charge in [-0.15, -0.1) is 0 Å². The maximum Gasteiger partial charge on any atom is 0.159 e. The van der Waals surface area contributed by atoms with Crippen molar-refractivity contribution >= 4 is 71.7 Å². The molecule has 0 aliphatic rings. The molecule has 0 unspecified atom stereocenters. The zero-order chi connectivity index (χ0) is 40.3. The van der Waals surface area contributed by atoms with Gasteiger partial charge in [0.25, 0.3) is 0 Å². The van der Waals surface area contributed by atoms with Crippen LogP contribution in [0.5, 0.6) is 0 Å². The average molecular weight is 780 g/mol. The lowest BCUT2D eigenvalue weighted by Gasteiger charge is -2.26. The van der Waals surface area contributed by atoms with Gasteiger partial charge >= 0.3 is 0 Å². The molecule has 0 aliphatic heterocycles.